The van der Waals surface area contributed by atoms with Crippen molar-refractivity contribution in [2.45, 2.75) is 0 Å². The van der Waals surface area contributed by atoms with Crippen molar-refractivity contribution in [2.75, 3.05) is 0 Å². The van der Waals surface area contributed by atoms with Crippen LogP contribution in [0.25, 0.3) is 10.9 Å². The lowest BCUT2D eigenvalue weighted by Crippen LogP contribution is -2.09. The van der Waals surface area contributed by atoms with E-state index in [4.69, 9.17) is 22.7 Å². The Bertz CT molecular complexity index is 473. The predicted octanol–water partition coefficient (Wildman–Crippen LogP) is 2.11. The Hall–Kier alpha value is -1.48. The fourth-order valence-electron chi connectivity index (χ4n) is 1.34. The molecule has 0 unspecified atom stereocenters. The number of nitrogen functional groups attached to an aromatic ring is 1. The summed E-state index contributed by atoms with van der Waals surface area (Å²) in [6.07, 6.45) is 1.69. The summed E-state index contributed by atoms with van der Waals surface area (Å²) in [7, 11) is 0. The van der Waals surface area contributed by atoms with Gasteiger partial charge in [-0.2, -0.15) is 0 Å². The fourth-order valence-corrected chi connectivity index (χ4v) is 1.57. The van der Waals surface area contributed by atoms with E-state index in [9.17, 15) is 0 Å². The van der Waals surface area contributed by atoms with E-state index in [-0.39, 0.29) is 5.84 Å². The molecule has 0 amide bonds. The first kappa shape index (κ1) is 8.13. The summed E-state index contributed by atoms with van der Waals surface area (Å²) in [6, 6.07) is 5.52. The van der Waals surface area contributed by atoms with Crippen LogP contribution in [0.3, 0.4) is 0 Å². The van der Waals surface area contributed by atoms with Crippen LogP contribution in [0.5, 0.6) is 0 Å². The molecule has 2 rings (SSSR count). The Morgan fingerprint density at radius 1 is 1.46 bits per heavy atom. The maximum atomic E-state index is 7.32. The fraction of sp³-hybridized carbons (Fsp3) is 0. The maximum absolute atomic E-state index is 7.32. The van der Waals surface area contributed by atoms with Gasteiger partial charge >= 0.3 is 0 Å². The lowest BCUT2D eigenvalue weighted by molar-refractivity contribution is 1.41. The molecular formula is C9H8ClN3. The predicted molar refractivity (Wildman–Crippen MR) is 54.3 cm³/mol. The Morgan fingerprint density at radius 3 is 2.92 bits per heavy atom. The van der Waals surface area contributed by atoms with Crippen molar-refractivity contribution >= 4 is 28.3 Å². The number of H-pyrrole nitrogens is 1. The van der Waals surface area contributed by atoms with Gasteiger partial charge in [-0.05, 0) is 6.07 Å². The average Bonchev–Trinajstić information content (AvgIpc) is 2.48. The highest BCUT2D eigenvalue weighted by atomic mass is 35.5. The highest BCUT2D eigenvalue weighted by Crippen LogP contribution is 2.24. The first-order valence-electron chi connectivity index (χ1n) is 3.80. The number of nitrogens with one attached hydrogen (secondary N) is 2. The molecule has 0 aliphatic carbocycles. The molecule has 0 saturated heterocycles. The van der Waals surface area contributed by atoms with Crippen molar-refractivity contribution in [1.82, 2.24) is 4.98 Å². The molecule has 0 saturated carbocycles. The van der Waals surface area contributed by atoms with Gasteiger partial charge in [0.2, 0.25) is 0 Å². The SMILES string of the molecule is N=C(N)c1c[nH]c2c(Cl)cccc12. The molecule has 0 aliphatic rings. The molecule has 4 N–H and O–H groups in total. The molecule has 1 aromatic carbocycles. The number of aromatic nitrogens is 1. The molecule has 1 aromatic heterocycles. The quantitative estimate of drug-likeness (QED) is 0.471. The van der Waals surface area contributed by atoms with E-state index in [1.54, 1.807) is 12.3 Å². The summed E-state index contributed by atoms with van der Waals surface area (Å²) in [6.45, 7) is 0. The Kier molecular flexibility index (Phi) is 1.74. The molecule has 13 heavy (non-hydrogen) atoms. The van der Waals surface area contributed by atoms with E-state index in [0.29, 0.717) is 10.6 Å². The number of hydrogen-bond acceptors (Lipinski definition) is 1. The highest BCUT2D eigenvalue weighted by molar-refractivity contribution is 6.35. The van der Waals surface area contributed by atoms with Crippen LogP contribution in [0.15, 0.2) is 24.4 Å². The van der Waals surface area contributed by atoms with Gasteiger partial charge in [-0.15, -0.1) is 0 Å². The molecule has 1 heterocycles. The third-order valence-electron chi connectivity index (χ3n) is 1.95. The largest absolute Gasteiger partial charge is 0.384 e. The number of aromatic amines is 1. The summed E-state index contributed by atoms with van der Waals surface area (Å²) in [4.78, 5) is 2.98. The molecule has 0 bridgehead atoms. The van der Waals surface area contributed by atoms with E-state index >= 15 is 0 Å². The standard InChI is InChI=1S/C9H8ClN3/c10-7-3-1-2-5-6(9(11)12)4-13-8(5)7/h1-4,13H,(H3,11,12). The van der Waals surface area contributed by atoms with Crippen molar-refractivity contribution in [1.29, 1.82) is 5.41 Å². The van der Waals surface area contributed by atoms with Crippen LogP contribution in [-0.2, 0) is 0 Å². The maximum Gasteiger partial charge on any atom is 0.124 e. The molecule has 4 heteroatoms. The first-order chi connectivity index (χ1) is 6.20. The smallest absolute Gasteiger partial charge is 0.124 e. The zero-order valence-corrected chi connectivity index (χ0v) is 7.52. The van der Waals surface area contributed by atoms with E-state index in [0.717, 1.165) is 10.9 Å². The molecule has 0 fully saturated rings. The van der Waals surface area contributed by atoms with E-state index in [2.05, 4.69) is 4.98 Å². The van der Waals surface area contributed by atoms with Gasteiger partial charge in [-0.25, -0.2) is 0 Å². The number of fused-ring (bicyclic) bond motifs is 1. The van der Waals surface area contributed by atoms with Crippen molar-refractivity contribution < 1.29 is 0 Å². The van der Waals surface area contributed by atoms with Gasteiger partial charge < -0.3 is 10.7 Å². The van der Waals surface area contributed by atoms with Gasteiger partial charge in [0.1, 0.15) is 5.84 Å². The summed E-state index contributed by atoms with van der Waals surface area (Å²) >= 11 is 5.93. The molecule has 66 valence electrons. The third-order valence-corrected chi connectivity index (χ3v) is 2.27. The van der Waals surface area contributed by atoms with Gasteiger partial charge in [0.05, 0.1) is 10.5 Å². The minimum atomic E-state index is 0.0496. The molecule has 2 aromatic rings. The lowest BCUT2D eigenvalue weighted by Gasteiger charge is -1.95. The number of hydrogen-bond donors (Lipinski definition) is 3. The number of amidine groups is 1. The van der Waals surface area contributed by atoms with Gasteiger partial charge in [0.15, 0.2) is 0 Å². The van der Waals surface area contributed by atoms with Crippen LogP contribution in [-0.4, -0.2) is 10.8 Å². The topological polar surface area (TPSA) is 65.7 Å². The normalized spacial score (nSPS) is 10.5. The van der Waals surface area contributed by atoms with Crippen LogP contribution in [0, 0.1) is 5.41 Å². The van der Waals surface area contributed by atoms with Crippen LogP contribution in [0.1, 0.15) is 5.56 Å². The minimum absolute atomic E-state index is 0.0496. The van der Waals surface area contributed by atoms with Gasteiger partial charge in [-0.1, -0.05) is 23.7 Å². The molecule has 3 nitrogen and oxygen atoms in total. The number of para-hydroxylation sites is 1. The van der Waals surface area contributed by atoms with Crippen LogP contribution >= 0.6 is 11.6 Å². The summed E-state index contributed by atoms with van der Waals surface area (Å²) in [5.41, 5.74) is 6.91. The van der Waals surface area contributed by atoms with Crippen molar-refractivity contribution in [3.63, 3.8) is 0 Å². The summed E-state index contributed by atoms with van der Waals surface area (Å²) in [5.74, 6) is 0.0496. The highest BCUT2D eigenvalue weighted by Gasteiger charge is 2.07. The molecule has 0 radical (unpaired) electrons. The zero-order valence-electron chi connectivity index (χ0n) is 6.76. The summed E-state index contributed by atoms with van der Waals surface area (Å²) < 4.78 is 0. The van der Waals surface area contributed by atoms with Gasteiger partial charge in [-0.3, -0.25) is 5.41 Å². The first-order valence-corrected chi connectivity index (χ1v) is 4.18. The zero-order chi connectivity index (χ0) is 9.42. The third kappa shape index (κ3) is 1.17. The van der Waals surface area contributed by atoms with Gasteiger partial charge in [0.25, 0.3) is 0 Å². The van der Waals surface area contributed by atoms with E-state index < -0.39 is 0 Å². The van der Waals surface area contributed by atoms with Crippen molar-refractivity contribution in [3.05, 3.63) is 35.0 Å². The van der Waals surface area contributed by atoms with E-state index in [1.807, 2.05) is 12.1 Å². The number of rotatable bonds is 1. The van der Waals surface area contributed by atoms with E-state index in [1.165, 1.54) is 0 Å². The van der Waals surface area contributed by atoms with Crippen LogP contribution in [0.2, 0.25) is 5.02 Å². The van der Waals surface area contributed by atoms with Crippen LogP contribution in [0.4, 0.5) is 0 Å². The molecule has 0 aliphatic heterocycles. The second-order valence-electron chi connectivity index (χ2n) is 2.78. The molecule has 0 atom stereocenters. The van der Waals surface area contributed by atoms with Crippen molar-refractivity contribution in [2.24, 2.45) is 5.73 Å². The Labute approximate surface area is 80.0 Å². The lowest BCUT2D eigenvalue weighted by atomic mass is 10.1. The monoisotopic (exact) mass is 193 g/mol. The second-order valence-corrected chi connectivity index (χ2v) is 3.19. The average molecular weight is 194 g/mol. The summed E-state index contributed by atoms with van der Waals surface area (Å²) in [5, 5.41) is 8.85. The number of nitrogens with two attached hydrogens (primary N) is 1. The minimum Gasteiger partial charge on any atom is -0.384 e. The Balaban J connectivity index is 2.83. The second kappa shape index (κ2) is 2.78. The molecular weight excluding hydrogens is 186 g/mol. The van der Waals surface area contributed by atoms with Crippen LogP contribution < -0.4 is 5.73 Å². The number of halogens is 1. The Morgan fingerprint density at radius 2 is 2.23 bits per heavy atom. The molecule has 0 spiro atoms. The number of benzene rings is 1. The van der Waals surface area contributed by atoms with Gasteiger partial charge in [0, 0.05) is 17.1 Å². The van der Waals surface area contributed by atoms with Crippen molar-refractivity contribution in [3.8, 4) is 0 Å².